The maximum absolute atomic E-state index is 13.0. The molecule has 27 heavy (non-hydrogen) atoms. The lowest BCUT2D eigenvalue weighted by Crippen LogP contribution is -2.54. The van der Waals surface area contributed by atoms with Crippen LogP contribution in [0.4, 0.5) is 0 Å². The van der Waals surface area contributed by atoms with Crippen LogP contribution in [0.15, 0.2) is 23.1 Å². The Hall–Kier alpha value is -1.84. The molecule has 8 nitrogen and oxygen atoms in total. The van der Waals surface area contributed by atoms with Gasteiger partial charge in [-0.1, -0.05) is 6.92 Å². The maximum Gasteiger partial charge on any atom is 0.243 e. The average Bonchev–Trinajstić information content (AvgIpc) is 2.71. The van der Waals surface area contributed by atoms with Gasteiger partial charge in [0.05, 0.1) is 10.9 Å². The van der Waals surface area contributed by atoms with Gasteiger partial charge < -0.3 is 14.8 Å². The highest BCUT2D eigenvalue weighted by Crippen LogP contribution is 2.33. The van der Waals surface area contributed by atoms with Crippen LogP contribution in [0.25, 0.3) is 0 Å². The zero-order valence-electron chi connectivity index (χ0n) is 15.8. The molecule has 0 aliphatic carbocycles. The Balaban J connectivity index is 1.64. The number of ether oxygens (including phenoxy) is 2. The minimum Gasteiger partial charge on any atom is -0.486 e. The van der Waals surface area contributed by atoms with Crippen LogP contribution in [0.2, 0.25) is 0 Å². The summed E-state index contributed by atoms with van der Waals surface area (Å²) < 4.78 is 38.3. The number of rotatable bonds is 6. The molecule has 0 aromatic heterocycles. The third-order valence-electron chi connectivity index (χ3n) is 4.90. The highest BCUT2D eigenvalue weighted by Gasteiger charge is 2.32. The van der Waals surface area contributed by atoms with E-state index in [1.807, 2.05) is 18.7 Å². The van der Waals surface area contributed by atoms with E-state index in [9.17, 15) is 13.2 Å². The van der Waals surface area contributed by atoms with Gasteiger partial charge in [-0.15, -0.1) is 0 Å². The van der Waals surface area contributed by atoms with Crippen molar-refractivity contribution < 1.29 is 22.7 Å². The minimum atomic E-state index is -3.61. The van der Waals surface area contributed by atoms with Crippen molar-refractivity contribution in [1.29, 1.82) is 0 Å². The largest absolute Gasteiger partial charge is 0.486 e. The van der Waals surface area contributed by atoms with Gasteiger partial charge in [0.2, 0.25) is 15.9 Å². The normalized spacial score (nSPS) is 19.5. The Bertz CT molecular complexity index is 775. The first-order chi connectivity index (χ1) is 12.9. The molecular formula is C18H27N3O5S. The van der Waals surface area contributed by atoms with Gasteiger partial charge in [-0.05, 0) is 25.5 Å². The molecule has 3 rings (SSSR count). The summed E-state index contributed by atoms with van der Waals surface area (Å²) in [5.74, 6) is 1.01. The molecule has 2 heterocycles. The number of amides is 1. The number of carbonyl (C=O) groups excluding carboxylic acids is 1. The van der Waals surface area contributed by atoms with Crippen LogP contribution in [0, 0.1) is 0 Å². The minimum absolute atomic E-state index is 0.0139. The smallest absolute Gasteiger partial charge is 0.243 e. The molecule has 0 bridgehead atoms. The summed E-state index contributed by atoms with van der Waals surface area (Å²) in [4.78, 5) is 14.3. The first-order valence-electron chi connectivity index (χ1n) is 9.35. The summed E-state index contributed by atoms with van der Waals surface area (Å²) in [5.41, 5.74) is 0. The fourth-order valence-corrected chi connectivity index (χ4v) is 4.66. The third-order valence-corrected chi connectivity index (χ3v) is 6.80. The van der Waals surface area contributed by atoms with Crippen molar-refractivity contribution in [1.82, 2.24) is 14.5 Å². The molecule has 9 heteroatoms. The first-order valence-corrected chi connectivity index (χ1v) is 10.8. The van der Waals surface area contributed by atoms with Gasteiger partial charge in [-0.2, -0.15) is 4.31 Å². The highest BCUT2D eigenvalue weighted by atomic mass is 32.2. The molecule has 1 aromatic carbocycles. The molecule has 2 aliphatic heterocycles. The van der Waals surface area contributed by atoms with Crippen LogP contribution in [-0.4, -0.2) is 75.5 Å². The van der Waals surface area contributed by atoms with E-state index >= 15 is 0 Å². The summed E-state index contributed by atoms with van der Waals surface area (Å²) >= 11 is 0. The molecule has 1 saturated heterocycles. The van der Waals surface area contributed by atoms with E-state index in [1.165, 1.54) is 10.4 Å². The Morgan fingerprint density at radius 2 is 1.81 bits per heavy atom. The molecule has 1 aromatic rings. The molecule has 1 atom stereocenters. The Morgan fingerprint density at radius 1 is 1.15 bits per heavy atom. The van der Waals surface area contributed by atoms with Crippen LogP contribution >= 0.6 is 0 Å². The van der Waals surface area contributed by atoms with Crippen LogP contribution in [0.5, 0.6) is 11.5 Å². The molecule has 1 fully saturated rings. The van der Waals surface area contributed by atoms with Gasteiger partial charge in [-0.25, -0.2) is 8.42 Å². The molecule has 1 N–H and O–H groups in total. The van der Waals surface area contributed by atoms with Crippen LogP contribution in [-0.2, 0) is 14.8 Å². The second kappa shape index (κ2) is 8.45. The summed E-state index contributed by atoms with van der Waals surface area (Å²) in [6.07, 6.45) is 0.889. The fraction of sp³-hybridized carbons (Fsp3) is 0.611. The monoisotopic (exact) mass is 397 g/mol. The SMILES string of the molecule is CCCNC(=O)[C@@H](C)N1CCN(S(=O)(=O)c2ccc3c(c2)OCCO3)CC1. The van der Waals surface area contributed by atoms with Crippen molar-refractivity contribution in [2.75, 3.05) is 45.9 Å². The molecule has 1 amide bonds. The Morgan fingerprint density at radius 3 is 2.48 bits per heavy atom. The Labute approximate surface area is 160 Å². The van der Waals surface area contributed by atoms with Gasteiger partial charge in [0, 0.05) is 38.8 Å². The van der Waals surface area contributed by atoms with Gasteiger partial charge in [-0.3, -0.25) is 9.69 Å². The first kappa shape index (κ1) is 19.9. The van der Waals surface area contributed by atoms with Crippen molar-refractivity contribution in [2.24, 2.45) is 0 Å². The number of fused-ring (bicyclic) bond motifs is 1. The van der Waals surface area contributed by atoms with Gasteiger partial charge in [0.25, 0.3) is 0 Å². The zero-order valence-corrected chi connectivity index (χ0v) is 16.6. The van der Waals surface area contributed by atoms with Crippen LogP contribution < -0.4 is 14.8 Å². The van der Waals surface area contributed by atoms with E-state index in [1.54, 1.807) is 12.1 Å². The van der Waals surface area contributed by atoms with E-state index < -0.39 is 10.0 Å². The van der Waals surface area contributed by atoms with Crippen molar-refractivity contribution >= 4 is 15.9 Å². The molecule has 150 valence electrons. The number of hydrogen-bond donors (Lipinski definition) is 1. The summed E-state index contributed by atoms with van der Waals surface area (Å²) in [7, 11) is -3.61. The van der Waals surface area contributed by atoms with E-state index in [2.05, 4.69) is 5.32 Å². The van der Waals surface area contributed by atoms with Crippen molar-refractivity contribution in [3.8, 4) is 11.5 Å². The second-order valence-electron chi connectivity index (χ2n) is 6.71. The average molecular weight is 397 g/mol. The predicted molar refractivity (Wildman–Crippen MR) is 101 cm³/mol. The number of benzene rings is 1. The molecule has 2 aliphatic rings. The Kier molecular flexibility index (Phi) is 6.23. The number of sulfonamides is 1. The lowest BCUT2D eigenvalue weighted by atomic mass is 10.2. The number of piperazine rings is 1. The predicted octanol–water partition coefficient (Wildman–Crippen LogP) is 0.679. The van der Waals surface area contributed by atoms with Crippen molar-refractivity contribution in [3.63, 3.8) is 0 Å². The number of hydrogen-bond acceptors (Lipinski definition) is 6. The van der Waals surface area contributed by atoms with Crippen molar-refractivity contribution in [3.05, 3.63) is 18.2 Å². The lowest BCUT2D eigenvalue weighted by Gasteiger charge is -2.36. The lowest BCUT2D eigenvalue weighted by molar-refractivity contribution is -0.126. The number of nitrogens with zero attached hydrogens (tertiary/aromatic N) is 2. The topological polar surface area (TPSA) is 88.2 Å². The standard InChI is InChI=1S/C18H27N3O5S/c1-3-6-19-18(22)14(2)20-7-9-21(10-8-20)27(23,24)15-4-5-16-17(13-15)26-12-11-25-16/h4-5,13-14H,3,6-12H2,1-2H3,(H,19,22)/t14-/m1/s1. The molecule has 0 saturated carbocycles. The molecular weight excluding hydrogens is 370 g/mol. The summed E-state index contributed by atoms with van der Waals surface area (Å²) in [5, 5.41) is 2.89. The fourth-order valence-electron chi connectivity index (χ4n) is 3.23. The van der Waals surface area contributed by atoms with E-state index in [0.29, 0.717) is 57.4 Å². The summed E-state index contributed by atoms with van der Waals surface area (Å²) in [6, 6.07) is 4.45. The van der Waals surface area contributed by atoms with Crippen LogP contribution in [0.3, 0.4) is 0 Å². The van der Waals surface area contributed by atoms with E-state index in [0.717, 1.165) is 6.42 Å². The van der Waals surface area contributed by atoms with Gasteiger partial charge in [0.1, 0.15) is 13.2 Å². The quantitative estimate of drug-likeness (QED) is 0.760. The zero-order chi connectivity index (χ0) is 19.4. The molecule has 0 spiro atoms. The van der Waals surface area contributed by atoms with E-state index in [-0.39, 0.29) is 16.8 Å². The van der Waals surface area contributed by atoms with E-state index in [4.69, 9.17) is 9.47 Å². The number of carbonyl (C=O) groups is 1. The maximum atomic E-state index is 13.0. The second-order valence-corrected chi connectivity index (χ2v) is 8.65. The van der Waals surface area contributed by atoms with Crippen molar-refractivity contribution in [2.45, 2.75) is 31.2 Å². The van der Waals surface area contributed by atoms with Gasteiger partial charge >= 0.3 is 0 Å². The van der Waals surface area contributed by atoms with Gasteiger partial charge in [0.15, 0.2) is 11.5 Å². The molecule has 0 radical (unpaired) electrons. The third kappa shape index (κ3) is 4.36. The highest BCUT2D eigenvalue weighted by molar-refractivity contribution is 7.89. The molecule has 0 unspecified atom stereocenters. The number of nitrogens with one attached hydrogen (secondary N) is 1. The summed E-state index contributed by atoms with van der Waals surface area (Å²) in [6.45, 7) is 7.13. The van der Waals surface area contributed by atoms with Crippen LogP contribution in [0.1, 0.15) is 20.3 Å².